The maximum Gasteiger partial charge on any atom is 0.0981 e. The molecule has 1 aliphatic carbocycles. The van der Waals surface area contributed by atoms with Gasteiger partial charge in [0.2, 0.25) is 0 Å². The molecule has 1 atom stereocenters. The van der Waals surface area contributed by atoms with Crippen molar-refractivity contribution >= 4 is 17.2 Å². The van der Waals surface area contributed by atoms with Crippen molar-refractivity contribution in [3.63, 3.8) is 0 Å². The minimum absolute atomic E-state index is 0.0188. The van der Waals surface area contributed by atoms with Gasteiger partial charge in [0.15, 0.2) is 0 Å². The first kappa shape index (κ1) is 14.1. The van der Waals surface area contributed by atoms with E-state index >= 15 is 0 Å². The quantitative estimate of drug-likeness (QED) is 0.799. The summed E-state index contributed by atoms with van der Waals surface area (Å²) >= 11 is 6.55. The van der Waals surface area contributed by atoms with Crippen LogP contribution in [0.5, 0.6) is 0 Å². The molecule has 0 radical (unpaired) electrons. The Morgan fingerprint density at radius 2 is 1.84 bits per heavy atom. The van der Waals surface area contributed by atoms with Crippen LogP contribution in [0, 0.1) is 0 Å². The number of halogens is 1. The number of hydrogen-bond acceptors (Lipinski definition) is 1. The van der Waals surface area contributed by atoms with Crippen LogP contribution < -0.4 is 0 Å². The van der Waals surface area contributed by atoms with Gasteiger partial charge in [-0.25, -0.2) is 0 Å². The summed E-state index contributed by atoms with van der Waals surface area (Å²) in [5.74, 6) is 0. The highest BCUT2D eigenvalue weighted by molar-refractivity contribution is 6.33. The molecule has 0 saturated carbocycles. The SMILES string of the molecule is CC(C)(C)c1cccc(C2=CC=CC=CC2O)c1Cl. The number of allylic oxidation sites excluding steroid dienone is 4. The molecule has 0 fully saturated rings. The molecule has 1 nitrogen and oxygen atoms in total. The fraction of sp³-hybridized carbons (Fsp3) is 0.294. The van der Waals surface area contributed by atoms with E-state index < -0.39 is 6.10 Å². The number of hydrogen-bond donors (Lipinski definition) is 1. The molecule has 0 amide bonds. The first-order valence-corrected chi connectivity index (χ1v) is 6.81. The van der Waals surface area contributed by atoms with Crippen LogP contribution in [0.1, 0.15) is 31.9 Å². The molecule has 1 aliphatic rings. The van der Waals surface area contributed by atoms with Gasteiger partial charge in [0.1, 0.15) is 0 Å². The van der Waals surface area contributed by atoms with E-state index in [0.717, 1.165) is 21.7 Å². The third kappa shape index (κ3) is 2.99. The summed E-state index contributed by atoms with van der Waals surface area (Å²) in [6.07, 6.45) is 8.71. The fourth-order valence-electron chi connectivity index (χ4n) is 2.18. The summed E-state index contributed by atoms with van der Waals surface area (Å²) in [5, 5.41) is 10.9. The van der Waals surface area contributed by atoms with Crippen LogP contribution in [0.4, 0.5) is 0 Å². The van der Waals surface area contributed by atoms with Gasteiger partial charge in [-0.3, -0.25) is 0 Å². The minimum Gasteiger partial charge on any atom is -0.384 e. The molecule has 100 valence electrons. The Bertz CT molecular complexity index is 559. The predicted molar refractivity (Wildman–Crippen MR) is 82.4 cm³/mol. The molecule has 1 unspecified atom stereocenters. The second-order valence-electron chi connectivity index (χ2n) is 5.75. The van der Waals surface area contributed by atoms with Crippen LogP contribution >= 0.6 is 11.6 Å². The second-order valence-corrected chi connectivity index (χ2v) is 6.13. The Labute approximate surface area is 119 Å². The van der Waals surface area contributed by atoms with Gasteiger partial charge in [-0.05, 0) is 22.1 Å². The zero-order valence-electron chi connectivity index (χ0n) is 11.5. The molecule has 1 aromatic rings. The van der Waals surface area contributed by atoms with Gasteiger partial charge in [-0.1, -0.05) is 81.0 Å². The molecule has 19 heavy (non-hydrogen) atoms. The maximum absolute atomic E-state index is 10.2. The van der Waals surface area contributed by atoms with Gasteiger partial charge in [0.25, 0.3) is 0 Å². The lowest BCUT2D eigenvalue weighted by molar-refractivity contribution is 0.280. The average molecular weight is 275 g/mol. The fourth-order valence-corrected chi connectivity index (χ4v) is 2.70. The first-order chi connectivity index (χ1) is 8.91. The van der Waals surface area contributed by atoms with Crippen molar-refractivity contribution in [3.05, 3.63) is 64.7 Å². The van der Waals surface area contributed by atoms with Gasteiger partial charge in [-0.2, -0.15) is 0 Å². The van der Waals surface area contributed by atoms with Gasteiger partial charge >= 0.3 is 0 Å². The summed E-state index contributed by atoms with van der Waals surface area (Å²) < 4.78 is 0. The topological polar surface area (TPSA) is 20.2 Å². The van der Waals surface area contributed by atoms with Crippen LogP contribution in [0.2, 0.25) is 5.02 Å². The lowest BCUT2D eigenvalue weighted by Gasteiger charge is -2.23. The van der Waals surface area contributed by atoms with E-state index in [9.17, 15) is 5.11 Å². The van der Waals surface area contributed by atoms with Crippen molar-refractivity contribution in [2.75, 3.05) is 0 Å². The molecule has 0 heterocycles. The third-order valence-electron chi connectivity index (χ3n) is 3.23. The van der Waals surface area contributed by atoms with E-state index in [2.05, 4.69) is 20.8 Å². The molecule has 2 heteroatoms. The van der Waals surface area contributed by atoms with Crippen LogP contribution in [0.25, 0.3) is 5.57 Å². The van der Waals surface area contributed by atoms with Gasteiger partial charge < -0.3 is 5.11 Å². The molecule has 1 aromatic carbocycles. The Kier molecular flexibility index (Phi) is 3.98. The molecular formula is C17H19ClO. The van der Waals surface area contributed by atoms with Crippen LogP contribution in [-0.4, -0.2) is 11.2 Å². The average Bonchev–Trinajstić information content (AvgIpc) is 2.53. The Hall–Kier alpha value is -1.31. The van der Waals surface area contributed by atoms with Crippen molar-refractivity contribution < 1.29 is 5.11 Å². The Morgan fingerprint density at radius 3 is 2.53 bits per heavy atom. The third-order valence-corrected chi connectivity index (χ3v) is 3.63. The summed E-state index contributed by atoms with van der Waals surface area (Å²) in [6.45, 7) is 6.40. The largest absolute Gasteiger partial charge is 0.384 e. The molecular weight excluding hydrogens is 256 g/mol. The smallest absolute Gasteiger partial charge is 0.0981 e. The monoisotopic (exact) mass is 274 g/mol. The highest BCUT2D eigenvalue weighted by Gasteiger charge is 2.21. The van der Waals surface area contributed by atoms with E-state index in [1.165, 1.54) is 0 Å². The van der Waals surface area contributed by atoms with E-state index in [1.807, 2.05) is 42.5 Å². The lowest BCUT2D eigenvalue weighted by Crippen LogP contribution is -2.14. The molecule has 2 rings (SSSR count). The summed E-state index contributed by atoms with van der Waals surface area (Å²) in [4.78, 5) is 0. The highest BCUT2D eigenvalue weighted by Crippen LogP contribution is 2.36. The predicted octanol–water partition coefficient (Wildman–Crippen LogP) is 4.51. The van der Waals surface area contributed by atoms with Gasteiger partial charge in [0.05, 0.1) is 11.1 Å². The zero-order valence-corrected chi connectivity index (χ0v) is 12.3. The first-order valence-electron chi connectivity index (χ1n) is 6.44. The van der Waals surface area contributed by atoms with E-state index in [4.69, 9.17) is 11.6 Å². The van der Waals surface area contributed by atoms with Crippen LogP contribution in [-0.2, 0) is 5.41 Å². The molecule has 1 N–H and O–H groups in total. The van der Waals surface area contributed by atoms with Crippen molar-refractivity contribution in [2.45, 2.75) is 32.3 Å². The summed E-state index contributed by atoms with van der Waals surface area (Å²) in [7, 11) is 0. The Balaban J connectivity index is 2.55. The maximum atomic E-state index is 10.2. The molecule has 0 saturated heterocycles. The van der Waals surface area contributed by atoms with Crippen molar-refractivity contribution in [1.29, 1.82) is 0 Å². The van der Waals surface area contributed by atoms with Gasteiger partial charge in [-0.15, -0.1) is 0 Å². The number of aliphatic hydroxyl groups is 1. The Morgan fingerprint density at radius 1 is 1.11 bits per heavy atom. The van der Waals surface area contributed by atoms with E-state index in [1.54, 1.807) is 6.08 Å². The second kappa shape index (κ2) is 5.36. The molecule has 0 bridgehead atoms. The number of rotatable bonds is 1. The number of aliphatic hydroxyl groups excluding tert-OH is 1. The molecule has 0 spiro atoms. The summed E-state index contributed by atoms with van der Waals surface area (Å²) in [5.41, 5.74) is 2.81. The van der Waals surface area contributed by atoms with Crippen molar-refractivity contribution in [2.24, 2.45) is 0 Å². The van der Waals surface area contributed by atoms with Crippen LogP contribution in [0.3, 0.4) is 0 Å². The minimum atomic E-state index is -0.622. The standard InChI is InChI=1S/C17H19ClO/c1-17(2,3)14-10-7-9-13(16(14)18)12-8-5-4-6-11-15(12)19/h4-11,15,19H,1-3H3. The van der Waals surface area contributed by atoms with Crippen molar-refractivity contribution in [3.8, 4) is 0 Å². The molecule has 0 aliphatic heterocycles. The van der Waals surface area contributed by atoms with Gasteiger partial charge in [0, 0.05) is 0 Å². The molecule has 0 aromatic heterocycles. The van der Waals surface area contributed by atoms with E-state index in [-0.39, 0.29) is 5.41 Å². The normalized spacial score (nSPS) is 19.2. The van der Waals surface area contributed by atoms with Crippen molar-refractivity contribution in [1.82, 2.24) is 0 Å². The van der Waals surface area contributed by atoms with Crippen LogP contribution in [0.15, 0.2) is 48.6 Å². The van der Waals surface area contributed by atoms with E-state index in [0.29, 0.717) is 0 Å². The zero-order chi connectivity index (χ0) is 14.0. The lowest BCUT2D eigenvalue weighted by atomic mass is 9.84. The number of benzene rings is 1. The highest BCUT2D eigenvalue weighted by atomic mass is 35.5. The summed E-state index contributed by atoms with van der Waals surface area (Å²) in [6, 6.07) is 5.99.